The topological polar surface area (TPSA) is 44.5 Å². The summed E-state index contributed by atoms with van der Waals surface area (Å²) in [5.74, 6) is 0.775. The second-order valence-corrected chi connectivity index (χ2v) is 4.37. The second-order valence-electron chi connectivity index (χ2n) is 3.58. The Labute approximate surface area is 109 Å². The van der Waals surface area contributed by atoms with Gasteiger partial charge in [0.05, 0.1) is 18.8 Å². The lowest BCUT2D eigenvalue weighted by Crippen LogP contribution is -2.31. The van der Waals surface area contributed by atoms with Gasteiger partial charge in [-0.2, -0.15) is 0 Å². The van der Waals surface area contributed by atoms with Crippen LogP contribution in [0.5, 0.6) is 5.75 Å². The van der Waals surface area contributed by atoms with Gasteiger partial charge in [-0.15, -0.1) is 0 Å². The highest BCUT2D eigenvalue weighted by Crippen LogP contribution is 2.22. The van der Waals surface area contributed by atoms with Crippen molar-refractivity contribution in [3.8, 4) is 5.75 Å². The summed E-state index contributed by atoms with van der Waals surface area (Å²) in [6.45, 7) is -0.00259. The monoisotopic (exact) mass is 305 g/mol. The summed E-state index contributed by atoms with van der Waals surface area (Å²) in [4.78, 5) is 0. The molecule has 0 aliphatic heterocycles. The van der Waals surface area contributed by atoms with E-state index < -0.39 is 18.8 Å². The van der Waals surface area contributed by atoms with Gasteiger partial charge in [0.25, 0.3) is 0 Å². The highest BCUT2D eigenvalue weighted by molar-refractivity contribution is 9.09. The number of hydrogen-bond donors (Lipinski definition) is 1. The van der Waals surface area contributed by atoms with Crippen LogP contribution < -0.4 is 10.5 Å². The van der Waals surface area contributed by atoms with Crippen molar-refractivity contribution in [3.05, 3.63) is 29.8 Å². The standard InChI is InChI=1S/C12H17BrFNO2/c1-16-12(11(15)8-14)9-2-4-10(5-3-9)17-7-6-13/h2-5,11-12H,6-8,15H2,1H3. The molecule has 0 bridgehead atoms. The predicted molar refractivity (Wildman–Crippen MR) is 69.4 cm³/mol. The van der Waals surface area contributed by atoms with Crippen LogP contribution in [0.4, 0.5) is 4.39 Å². The van der Waals surface area contributed by atoms with Crippen LogP contribution in [0.3, 0.4) is 0 Å². The van der Waals surface area contributed by atoms with Gasteiger partial charge in [-0.1, -0.05) is 28.1 Å². The average Bonchev–Trinajstić information content (AvgIpc) is 2.38. The number of halogens is 2. The molecule has 0 aromatic heterocycles. The first-order valence-corrected chi connectivity index (χ1v) is 6.48. The van der Waals surface area contributed by atoms with E-state index in [9.17, 15) is 4.39 Å². The predicted octanol–water partition coefficient (Wildman–Crippen LogP) is 2.44. The van der Waals surface area contributed by atoms with Crippen LogP contribution in [0, 0.1) is 0 Å². The zero-order valence-corrected chi connectivity index (χ0v) is 11.3. The van der Waals surface area contributed by atoms with Gasteiger partial charge in [0.2, 0.25) is 0 Å². The summed E-state index contributed by atoms with van der Waals surface area (Å²) >= 11 is 3.28. The van der Waals surface area contributed by atoms with Crippen LogP contribution >= 0.6 is 15.9 Å². The van der Waals surface area contributed by atoms with Gasteiger partial charge >= 0.3 is 0 Å². The van der Waals surface area contributed by atoms with Crippen LogP contribution in [0.2, 0.25) is 0 Å². The molecule has 1 aromatic rings. The minimum atomic E-state index is -0.644. The molecular weight excluding hydrogens is 289 g/mol. The Hall–Kier alpha value is -0.650. The Morgan fingerprint density at radius 3 is 2.47 bits per heavy atom. The molecule has 5 heteroatoms. The molecule has 0 aliphatic rings. The molecule has 0 aliphatic carbocycles. The van der Waals surface area contributed by atoms with E-state index in [2.05, 4.69) is 15.9 Å². The number of rotatable bonds is 7. The Kier molecular flexibility index (Phi) is 6.47. The molecule has 0 spiro atoms. The van der Waals surface area contributed by atoms with Crippen molar-refractivity contribution >= 4 is 15.9 Å². The fraction of sp³-hybridized carbons (Fsp3) is 0.500. The number of nitrogens with two attached hydrogens (primary N) is 1. The first-order valence-electron chi connectivity index (χ1n) is 5.36. The molecule has 2 atom stereocenters. The van der Waals surface area contributed by atoms with Crippen molar-refractivity contribution in [2.24, 2.45) is 5.73 Å². The van der Waals surface area contributed by atoms with Crippen molar-refractivity contribution in [2.45, 2.75) is 12.1 Å². The van der Waals surface area contributed by atoms with Crippen LogP contribution in [-0.2, 0) is 4.74 Å². The van der Waals surface area contributed by atoms with E-state index >= 15 is 0 Å². The summed E-state index contributed by atoms with van der Waals surface area (Å²) in [7, 11) is 1.52. The fourth-order valence-corrected chi connectivity index (χ4v) is 1.71. The SMILES string of the molecule is COC(c1ccc(OCCBr)cc1)C(N)CF. The van der Waals surface area contributed by atoms with Gasteiger partial charge in [0.15, 0.2) is 0 Å². The highest BCUT2D eigenvalue weighted by Gasteiger charge is 2.19. The van der Waals surface area contributed by atoms with E-state index in [4.69, 9.17) is 15.2 Å². The zero-order chi connectivity index (χ0) is 12.7. The lowest BCUT2D eigenvalue weighted by molar-refractivity contribution is 0.0720. The number of hydrogen-bond acceptors (Lipinski definition) is 3. The molecule has 2 unspecified atom stereocenters. The molecule has 1 rings (SSSR count). The third kappa shape index (κ3) is 4.26. The zero-order valence-electron chi connectivity index (χ0n) is 9.74. The average molecular weight is 306 g/mol. The molecule has 0 saturated heterocycles. The van der Waals surface area contributed by atoms with Crippen LogP contribution in [0.25, 0.3) is 0 Å². The molecule has 0 amide bonds. The maximum atomic E-state index is 12.5. The molecule has 96 valence electrons. The van der Waals surface area contributed by atoms with Gasteiger partial charge in [0.1, 0.15) is 12.4 Å². The van der Waals surface area contributed by atoms with Gasteiger partial charge in [-0.3, -0.25) is 0 Å². The number of benzene rings is 1. The molecule has 17 heavy (non-hydrogen) atoms. The first kappa shape index (κ1) is 14.4. The molecular formula is C12H17BrFNO2. The lowest BCUT2D eigenvalue weighted by Gasteiger charge is -2.20. The molecule has 0 fully saturated rings. The Balaban J connectivity index is 2.71. The fourth-order valence-electron chi connectivity index (χ4n) is 1.55. The van der Waals surface area contributed by atoms with E-state index in [1.54, 1.807) is 0 Å². The minimum Gasteiger partial charge on any atom is -0.493 e. The Morgan fingerprint density at radius 2 is 2.00 bits per heavy atom. The van der Waals surface area contributed by atoms with E-state index in [0.717, 1.165) is 16.6 Å². The molecule has 0 saturated carbocycles. The van der Waals surface area contributed by atoms with Gasteiger partial charge in [0, 0.05) is 12.4 Å². The maximum Gasteiger partial charge on any atom is 0.119 e. The van der Waals surface area contributed by atoms with Crippen molar-refractivity contribution in [1.82, 2.24) is 0 Å². The number of ether oxygens (including phenoxy) is 2. The molecule has 3 nitrogen and oxygen atoms in total. The summed E-state index contributed by atoms with van der Waals surface area (Å²) in [5.41, 5.74) is 6.49. The summed E-state index contributed by atoms with van der Waals surface area (Å²) < 4.78 is 23.1. The van der Waals surface area contributed by atoms with Crippen LogP contribution in [-0.4, -0.2) is 31.8 Å². The second kappa shape index (κ2) is 7.63. The summed E-state index contributed by atoms with van der Waals surface area (Å²) in [6, 6.07) is 6.69. The quantitative estimate of drug-likeness (QED) is 0.787. The molecule has 0 radical (unpaired) electrons. The van der Waals surface area contributed by atoms with Gasteiger partial charge < -0.3 is 15.2 Å². The Bertz CT molecular complexity index is 321. The van der Waals surface area contributed by atoms with Crippen molar-refractivity contribution in [3.63, 3.8) is 0 Å². The smallest absolute Gasteiger partial charge is 0.119 e. The highest BCUT2D eigenvalue weighted by atomic mass is 79.9. The van der Waals surface area contributed by atoms with Gasteiger partial charge in [-0.25, -0.2) is 4.39 Å². The number of alkyl halides is 2. The van der Waals surface area contributed by atoms with Crippen molar-refractivity contribution < 1.29 is 13.9 Å². The minimum absolute atomic E-state index is 0.426. The molecule has 2 N–H and O–H groups in total. The third-order valence-corrected chi connectivity index (χ3v) is 2.70. The third-order valence-electron chi connectivity index (χ3n) is 2.38. The van der Waals surface area contributed by atoms with Crippen LogP contribution in [0.1, 0.15) is 11.7 Å². The maximum absolute atomic E-state index is 12.5. The normalized spacial score (nSPS) is 14.4. The largest absolute Gasteiger partial charge is 0.493 e. The van der Waals surface area contributed by atoms with E-state index in [1.165, 1.54) is 7.11 Å². The number of methoxy groups -OCH3 is 1. The van der Waals surface area contributed by atoms with E-state index in [0.29, 0.717) is 6.61 Å². The first-order chi connectivity index (χ1) is 8.22. The van der Waals surface area contributed by atoms with Gasteiger partial charge in [-0.05, 0) is 17.7 Å². The molecule has 0 heterocycles. The molecule has 1 aromatic carbocycles. The van der Waals surface area contributed by atoms with E-state index in [-0.39, 0.29) is 0 Å². The van der Waals surface area contributed by atoms with Crippen molar-refractivity contribution in [2.75, 3.05) is 25.7 Å². The van der Waals surface area contributed by atoms with Crippen LogP contribution in [0.15, 0.2) is 24.3 Å². The summed E-state index contributed by atoms with van der Waals surface area (Å²) in [6.07, 6.45) is -0.426. The van der Waals surface area contributed by atoms with E-state index in [1.807, 2.05) is 24.3 Å². The lowest BCUT2D eigenvalue weighted by atomic mass is 10.0. The van der Waals surface area contributed by atoms with Crippen molar-refractivity contribution in [1.29, 1.82) is 0 Å². The Morgan fingerprint density at radius 1 is 1.35 bits per heavy atom. The summed E-state index contributed by atoms with van der Waals surface area (Å²) in [5, 5.41) is 0.780.